The average Bonchev–Trinajstić information content (AvgIpc) is 2.79. The van der Waals surface area contributed by atoms with Crippen molar-refractivity contribution in [2.75, 3.05) is 18.5 Å². The second-order valence-corrected chi connectivity index (χ2v) is 5.34. The Labute approximate surface area is 105 Å². The SMILES string of the molecule is CNCc1ccc(N2CCCC2C(C)C)cc1. The summed E-state index contributed by atoms with van der Waals surface area (Å²) < 4.78 is 0. The largest absolute Gasteiger partial charge is 0.368 e. The summed E-state index contributed by atoms with van der Waals surface area (Å²) in [5.74, 6) is 0.745. The number of anilines is 1. The van der Waals surface area contributed by atoms with Gasteiger partial charge in [-0.05, 0) is 43.5 Å². The minimum Gasteiger partial charge on any atom is -0.368 e. The van der Waals surface area contributed by atoms with Crippen molar-refractivity contribution < 1.29 is 0 Å². The first kappa shape index (κ1) is 12.4. The molecule has 2 nitrogen and oxygen atoms in total. The lowest BCUT2D eigenvalue weighted by molar-refractivity contribution is 0.492. The minimum absolute atomic E-state index is 0.727. The Kier molecular flexibility index (Phi) is 4.06. The van der Waals surface area contributed by atoms with Crippen LogP contribution < -0.4 is 10.2 Å². The Balaban J connectivity index is 2.11. The Hall–Kier alpha value is -1.02. The van der Waals surface area contributed by atoms with Gasteiger partial charge in [0.25, 0.3) is 0 Å². The van der Waals surface area contributed by atoms with E-state index in [1.807, 2.05) is 7.05 Å². The molecule has 1 saturated heterocycles. The molecule has 2 rings (SSSR count). The molecule has 1 N–H and O–H groups in total. The topological polar surface area (TPSA) is 15.3 Å². The highest BCUT2D eigenvalue weighted by atomic mass is 15.2. The summed E-state index contributed by atoms with van der Waals surface area (Å²) in [4.78, 5) is 2.58. The van der Waals surface area contributed by atoms with Gasteiger partial charge >= 0.3 is 0 Å². The molecule has 17 heavy (non-hydrogen) atoms. The monoisotopic (exact) mass is 232 g/mol. The van der Waals surface area contributed by atoms with Crippen molar-refractivity contribution in [2.24, 2.45) is 5.92 Å². The van der Waals surface area contributed by atoms with Crippen molar-refractivity contribution >= 4 is 5.69 Å². The second kappa shape index (κ2) is 5.54. The molecule has 1 unspecified atom stereocenters. The van der Waals surface area contributed by atoms with Gasteiger partial charge in [0.15, 0.2) is 0 Å². The summed E-state index contributed by atoms with van der Waals surface area (Å²) in [6.07, 6.45) is 2.68. The van der Waals surface area contributed by atoms with Gasteiger partial charge in [0.1, 0.15) is 0 Å². The van der Waals surface area contributed by atoms with Crippen LogP contribution >= 0.6 is 0 Å². The van der Waals surface area contributed by atoms with Gasteiger partial charge in [0.05, 0.1) is 0 Å². The van der Waals surface area contributed by atoms with Crippen LogP contribution in [-0.2, 0) is 6.54 Å². The van der Waals surface area contributed by atoms with E-state index in [1.54, 1.807) is 0 Å². The molecular formula is C15H24N2. The van der Waals surface area contributed by atoms with Crippen LogP contribution in [0.4, 0.5) is 5.69 Å². The minimum atomic E-state index is 0.727. The average molecular weight is 232 g/mol. The van der Waals surface area contributed by atoms with Crippen LogP contribution in [0.15, 0.2) is 24.3 Å². The molecule has 1 heterocycles. The molecule has 1 atom stereocenters. The molecule has 0 radical (unpaired) electrons. The maximum absolute atomic E-state index is 3.19. The van der Waals surface area contributed by atoms with E-state index in [9.17, 15) is 0 Å². The number of benzene rings is 1. The fourth-order valence-electron chi connectivity index (χ4n) is 2.82. The number of nitrogens with zero attached hydrogens (tertiary/aromatic N) is 1. The maximum atomic E-state index is 3.19. The molecule has 1 aromatic rings. The van der Waals surface area contributed by atoms with Gasteiger partial charge in [-0.1, -0.05) is 26.0 Å². The van der Waals surface area contributed by atoms with Gasteiger partial charge < -0.3 is 10.2 Å². The van der Waals surface area contributed by atoms with E-state index >= 15 is 0 Å². The molecule has 0 amide bonds. The van der Waals surface area contributed by atoms with Gasteiger partial charge in [-0.25, -0.2) is 0 Å². The van der Waals surface area contributed by atoms with Crippen molar-refractivity contribution in [2.45, 2.75) is 39.3 Å². The van der Waals surface area contributed by atoms with E-state index in [0.29, 0.717) is 0 Å². The fraction of sp³-hybridized carbons (Fsp3) is 0.600. The van der Waals surface area contributed by atoms with Crippen LogP contribution in [0.5, 0.6) is 0 Å². The predicted octanol–water partition coefficient (Wildman–Crippen LogP) is 3.03. The molecule has 0 saturated carbocycles. The zero-order chi connectivity index (χ0) is 12.3. The molecule has 0 spiro atoms. The molecule has 0 aromatic heterocycles. The Morgan fingerprint density at radius 3 is 2.59 bits per heavy atom. The molecule has 1 fully saturated rings. The molecule has 1 aliphatic rings. The van der Waals surface area contributed by atoms with Crippen LogP contribution in [0.3, 0.4) is 0 Å². The standard InChI is InChI=1S/C15H24N2/c1-12(2)15-5-4-10-17(15)14-8-6-13(7-9-14)11-16-3/h6-9,12,15-16H,4-5,10-11H2,1-3H3. The first-order valence-electron chi connectivity index (χ1n) is 6.72. The summed E-state index contributed by atoms with van der Waals surface area (Å²) in [6, 6.07) is 9.74. The fourth-order valence-corrected chi connectivity index (χ4v) is 2.82. The number of nitrogens with one attached hydrogen (secondary N) is 1. The Morgan fingerprint density at radius 1 is 1.29 bits per heavy atom. The molecule has 0 bridgehead atoms. The van der Waals surface area contributed by atoms with Crippen LogP contribution in [0.2, 0.25) is 0 Å². The van der Waals surface area contributed by atoms with E-state index in [2.05, 4.69) is 48.3 Å². The van der Waals surface area contributed by atoms with Crippen LogP contribution in [0.25, 0.3) is 0 Å². The number of hydrogen-bond acceptors (Lipinski definition) is 2. The number of hydrogen-bond donors (Lipinski definition) is 1. The van der Waals surface area contributed by atoms with E-state index < -0.39 is 0 Å². The highest BCUT2D eigenvalue weighted by molar-refractivity contribution is 5.49. The zero-order valence-electron chi connectivity index (χ0n) is 11.2. The van der Waals surface area contributed by atoms with Gasteiger partial charge in [-0.2, -0.15) is 0 Å². The third-order valence-corrected chi connectivity index (χ3v) is 3.72. The maximum Gasteiger partial charge on any atom is 0.0368 e. The van der Waals surface area contributed by atoms with E-state index in [1.165, 1.54) is 30.6 Å². The van der Waals surface area contributed by atoms with E-state index in [-0.39, 0.29) is 0 Å². The predicted molar refractivity (Wildman–Crippen MR) is 74.4 cm³/mol. The van der Waals surface area contributed by atoms with Crippen molar-refractivity contribution in [1.29, 1.82) is 0 Å². The molecule has 2 heteroatoms. The van der Waals surface area contributed by atoms with Crippen LogP contribution in [0.1, 0.15) is 32.3 Å². The van der Waals surface area contributed by atoms with Crippen molar-refractivity contribution in [3.63, 3.8) is 0 Å². The number of rotatable bonds is 4. The zero-order valence-corrected chi connectivity index (χ0v) is 11.2. The van der Waals surface area contributed by atoms with E-state index in [4.69, 9.17) is 0 Å². The molecule has 1 aromatic carbocycles. The third kappa shape index (κ3) is 2.81. The van der Waals surface area contributed by atoms with Crippen molar-refractivity contribution in [1.82, 2.24) is 5.32 Å². The molecule has 0 aliphatic carbocycles. The quantitative estimate of drug-likeness (QED) is 0.858. The Bertz CT molecular complexity index is 342. The Morgan fingerprint density at radius 2 is 2.00 bits per heavy atom. The van der Waals surface area contributed by atoms with Gasteiger partial charge in [0.2, 0.25) is 0 Å². The lowest BCUT2D eigenvalue weighted by Crippen LogP contribution is -2.33. The summed E-state index contributed by atoms with van der Waals surface area (Å²) in [6.45, 7) is 6.83. The smallest absolute Gasteiger partial charge is 0.0368 e. The highest BCUT2D eigenvalue weighted by Crippen LogP contribution is 2.29. The van der Waals surface area contributed by atoms with Crippen LogP contribution in [-0.4, -0.2) is 19.6 Å². The van der Waals surface area contributed by atoms with Crippen molar-refractivity contribution in [3.05, 3.63) is 29.8 Å². The van der Waals surface area contributed by atoms with Gasteiger partial charge in [-0.3, -0.25) is 0 Å². The molecular weight excluding hydrogens is 208 g/mol. The summed E-state index contributed by atoms with van der Waals surface area (Å²) in [5.41, 5.74) is 2.75. The van der Waals surface area contributed by atoms with Gasteiger partial charge in [-0.15, -0.1) is 0 Å². The first-order valence-corrected chi connectivity index (χ1v) is 6.72. The van der Waals surface area contributed by atoms with Gasteiger partial charge in [0, 0.05) is 24.8 Å². The summed E-state index contributed by atoms with van der Waals surface area (Å²) in [5, 5.41) is 3.19. The van der Waals surface area contributed by atoms with Crippen molar-refractivity contribution in [3.8, 4) is 0 Å². The van der Waals surface area contributed by atoms with Crippen LogP contribution in [0, 0.1) is 5.92 Å². The first-order chi connectivity index (χ1) is 8.22. The summed E-state index contributed by atoms with van der Waals surface area (Å²) in [7, 11) is 1.99. The van der Waals surface area contributed by atoms with E-state index in [0.717, 1.165) is 18.5 Å². The lowest BCUT2D eigenvalue weighted by atomic mass is 10.0. The normalized spacial score (nSPS) is 20.2. The lowest BCUT2D eigenvalue weighted by Gasteiger charge is -2.29. The second-order valence-electron chi connectivity index (χ2n) is 5.34. The highest BCUT2D eigenvalue weighted by Gasteiger charge is 2.26. The summed E-state index contributed by atoms with van der Waals surface area (Å²) >= 11 is 0. The molecule has 1 aliphatic heterocycles. The molecule has 94 valence electrons. The third-order valence-electron chi connectivity index (χ3n) is 3.72.